The molecule has 0 aliphatic heterocycles. The molecule has 18 heavy (non-hydrogen) atoms. The lowest BCUT2D eigenvalue weighted by Crippen LogP contribution is -2.18. The second-order valence-electron chi connectivity index (χ2n) is 2.96. The molecule has 0 atom stereocenters. The zero-order valence-electron chi connectivity index (χ0n) is 10.0. The molecule has 0 amide bonds. The highest BCUT2D eigenvalue weighted by Crippen LogP contribution is 2.31. The van der Waals surface area contributed by atoms with Gasteiger partial charge in [-0.25, -0.2) is 8.78 Å². The number of hydrogen-bond donors (Lipinski definition) is 3. The summed E-state index contributed by atoms with van der Waals surface area (Å²) in [6.07, 6.45) is -2.49. The standard InChI is InChI=1S/C9H9BrClF2N3.C2H6/c10-4-1-2-5(11)7(9(14)15)8(4)16-3-6(12)13;1-2/h1-2,6,16H,3H2,(H3,14,15);1-2H3. The molecule has 4 N–H and O–H groups in total. The molecule has 102 valence electrons. The average Bonchev–Trinajstić information content (AvgIpc) is 2.32. The summed E-state index contributed by atoms with van der Waals surface area (Å²) in [7, 11) is 0. The van der Waals surface area contributed by atoms with Crippen molar-refractivity contribution in [2.45, 2.75) is 20.3 Å². The lowest BCUT2D eigenvalue weighted by atomic mass is 10.1. The molecule has 1 rings (SSSR count). The Morgan fingerprint density at radius 2 is 2.06 bits per heavy atom. The van der Waals surface area contributed by atoms with E-state index in [4.69, 9.17) is 22.7 Å². The fourth-order valence-electron chi connectivity index (χ4n) is 1.17. The third-order valence-corrected chi connectivity index (χ3v) is 2.78. The summed E-state index contributed by atoms with van der Waals surface area (Å²) < 4.78 is 24.7. The van der Waals surface area contributed by atoms with Crippen LogP contribution >= 0.6 is 27.5 Å². The summed E-state index contributed by atoms with van der Waals surface area (Å²) in [5, 5.41) is 10.1. The van der Waals surface area contributed by atoms with Gasteiger partial charge in [0.1, 0.15) is 5.84 Å². The smallest absolute Gasteiger partial charge is 0.255 e. The van der Waals surface area contributed by atoms with Gasteiger partial charge in [-0.05, 0) is 28.1 Å². The van der Waals surface area contributed by atoms with Gasteiger partial charge in [-0.3, -0.25) is 5.41 Å². The van der Waals surface area contributed by atoms with Gasteiger partial charge in [-0.15, -0.1) is 0 Å². The Morgan fingerprint density at radius 3 is 2.50 bits per heavy atom. The van der Waals surface area contributed by atoms with Crippen LogP contribution in [0.1, 0.15) is 19.4 Å². The van der Waals surface area contributed by atoms with Crippen molar-refractivity contribution in [3.05, 3.63) is 27.2 Å². The number of anilines is 1. The highest BCUT2D eigenvalue weighted by molar-refractivity contribution is 9.10. The van der Waals surface area contributed by atoms with E-state index in [-0.39, 0.29) is 16.4 Å². The highest BCUT2D eigenvalue weighted by atomic mass is 79.9. The molecule has 0 saturated heterocycles. The molecule has 1 aromatic rings. The van der Waals surface area contributed by atoms with Crippen molar-refractivity contribution in [2.75, 3.05) is 11.9 Å². The van der Waals surface area contributed by atoms with Crippen LogP contribution < -0.4 is 11.1 Å². The largest absolute Gasteiger partial charge is 0.384 e. The number of benzene rings is 1. The fourth-order valence-corrected chi connectivity index (χ4v) is 1.90. The molecule has 3 nitrogen and oxygen atoms in total. The molecule has 0 bridgehead atoms. The molecule has 0 spiro atoms. The van der Waals surface area contributed by atoms with Gasteiger partial charge in [0.2, 0.25) is 0 Å². The number of alkyl halides is 2. The van der Waals surface area contributed by atoms with Gasteiger partial charge in [0, 0.05) is 4.47 Å². The molecule has 0 radical (unpaired) electrons. The predicted molar refractivity (Wildman–Crippen MR) is 76.0 cm³/mol. The van der Waals surface area contributed by atoms with E-state index in [0.29, 0.717) is 10.2 Å². The molecule has 0 unspecified atom stereocenters. The van der Waals surface area contributed by atoms with Crippen LogP contribution in [0.4, 0.5) is 14.5 Å². The van der Waals surface area contributed by atoms with Gasteiger partial charge < -0.3 is 11.1 Å². The van der Waals surface area contributed by atoms with E-state index >= 15 is 0 Å². The van der Waals surface area contributed by atoms with Gasteiger partial charge in [0.15, 0.2) is 0 Å². The number of hydrogen-bond acceptors (Lipinski definition) is 2. The second kappa shape index (κ2) is 8.26. The molecule has 7 heteroatoms. The maximum atomic E-state index is 12.1. The molecule has 0 fully saturated rings. The van der Waals surface area contributed by atoms with E-state index in [1.807, 2.05) is 13.8 Å². The van der Waals surface area contributed by atoms with E-state index in [2.05, 4.69) is 21.2 Å². The van der Waals surface area contributed by atoms with Crippen LogP contribution in [-0.2, 0) is 0 Å². The van der Waals surface area contributed by atoms with Crippen molar-refractivity contribution in [3.63, 3.8) is 0 Å². The Kier molecular flexibility index (Phi) is 7.86. The van der Waals surface area contributed by atoms with Crippen molar-refractivity contribution >= 4 is 39.1 Å². The average molecular weight is 343 g/mol. The van der Waals surface area contributed by atoms with Crippen molar-refractivity contribution in [3.8, 4) is 0 Å². The van der Waals surface area contributed by atoms with Crippen LogP contribution in [0, 0.1) is 5.41 Å². The van der Waals surface area contributed by atoms with Crippen LogP contribution in [0.5, 0.6) is 0 Å². The summed E-state index contributed by atoms with van der Waals surface area (Å²) in [5.41, 5.74) is 5.87. The lowest BCUT2D eigenvalue weighted by Gasteiger charge is -2.14. The van der Waals surface area contributed by atoms with Crippen LogP contribution in [0.15, 0.2) is 16.6 Å². The zero-order valence-corrected chi connectivity index (χ0v) is 12.4. The maximum Gasteiger partial charge on any atom is 0.255 e. The lowest BCUT2D eigenvalue weighted by molar-refractivity contribution is 0.163. The normalized spacial score (nSPS) is 9.72. The fraction of sp³-hybridized carbons (Fsp3) is 0.364. The SMILES string of the molecule is CC.N=C(N)c1c(Cl)ccc(Br)c1NCC(F)F. The molecule has 0 heterocycles. The van der Waals surface area contributed by atoms with Gasteiger partial charge >= 0.3 is 0 Å². The molecule has 0 aromatic heterocycles. The molecule has 0 aliphatic rings. The minimum atomic E-state index is -2.49. The first-order chi connectivity index (χ1) is 8.43. The van der Waals surface area contributed by atoms with Crippen molar-refractivity contribution in [1.29, 1.82) is 5.41 Å². The molecule has 0 saturated carbocycles. The summed E-state index contributed by atoms with van der Waals surface area (Å²) in [5.74, 6) is -0.275. The Bertz CT molecular complexity index is 414. The van der Waals surface area contributed by atoms with Crippen molar-refractivity contribution in [1.82, 2.24) is 0 Å². The van der Waals surface area contributed by atoms with Gasteiger partial charge in [0.05, 0.1) is 22.8 Å². The molecule has 0 aliphatic carbocycles. The van der Waals surface area contributed by atoms with Crippen molar-refractivity contribution < 1.29 is 8.78 Å². The zero-order chi connectivity index (χ0) is 14.3. The van der Waals surface area contributed by atoms with E-state index in [1.54, 1.807) is 6.07 Å². The topological polar surface area (TPSA) is 61.9 Å². The molecular formula is C11H15BrClF2N3. The first-order valence-corrected chi connectivity index (χ1v) is 6.45. The number of nitrogen functional groups attached to an aromatic ring is 1. The number of nitrogens with two attached hydrogens (primary N) is 1. The van der Waals surface area contributed by atoms with Crippen LogP contribution in [-0.4, -0.2) is 18.8 Å². The number of halogens is 4. The van der Waals surface area contributed by atoms with E-state index < -0.39 is 13.0 Å². The Morgan fingerprint density at radius 1 is 1.50 bits per heavy atom. The summed E-state index contributed by atoms with van der Waals surface area (Å²) in [4.78, 5) is 0. The Labute approximate surface area is 118 Å². The third kappa shape index (κ3) is 4.78. The summed E-state index contributed by atoms with van der Waals surface area (Å²) in [6.45, 7) is 3.47. The van der Waals surface area contributed by atoms with E-state index in [0.717, 1.165) is 0 Å². The maximum absolute atomic E-state index is 12.1. The quantitative estimate of drug-likeness (QED) is 0.570. The van der Waals surface area contributed by atoms with Crippen LogP contribution in [0.2, 0.25) is 5.02 Å². The number of rotatable bonds is 4. The van der Waals surface area contributed by atoms with E-state index in [9.17, 15) is 8.78 Å². The Balaban J connectivity index is 0.00000137. The van der Waals surface area contributed by atoms with Gasteiger partial charge in [0.25, 0.3) is 6.43 Å². The number of nitrogens with one attached hydrogen (secondary N) is 2. The second-order valence-corrected chi connectivity index (χ2v) is 4.23. The first kappa shape index (κ1) is 17.1. The highest BCUT2D eigenvalue weighted by Gasteiger charge is 2.14. The molecule has 1 aromatic carbocycles. The van der Waals surface area contributed by atoms with Crippen molar-refractivity contribution in [2.24, 2.45) is 5.73 Å². The third-order valence-electron chi connectivity index (χ3n) is 1.81. The monoisotopic (exact) mass is 341 g/mol. The van der Waals surface area contributed by atoms with Crippen LogP contribution in [0.3, 0.4) is 0 Å². The number of amidine groups is 1. The first-order valence-electron chi connectivity index (χ1n) is 5.28. The predicted octanol–water partition coefficient (Wildman–Crippen LogP) is 4.09. The minimum absolute atomic E-state index is 0.219. The Hall–Kier alpha value is -0.880. The summed E-state index contributed by atoms with van der Waals surface area (Å²) >= 11 is 9.02. The minimum Gasteiger partial charge on any atom is -0.384 e. The van der Waals surface area contributed by atoms with E-state index in [1.165, 1.54) is 6.07 Å². The van der Waals surface area contributed by atoms with Crippen LogP contribution in [0.25, 0.3) is 0 Å². The van der Waals surface area contributed by atoms with Gasteiger partial charge in [-0.2, -0.15) is 0 Å². The summed E-state index contributed by atoms with van der Waals surface area (Å²) in [6, 6.07) is 3.14. The van der Waals surface area contributed by atoms with Gasteiger partial charge in [-0.1, -0.05) is 25.4 Å². The molecular weight excluding hydrogens is 327 g/mol.